The summed E-state index contributed by atoms with van der Waals surface area (Å²) in [5, 5.41) is 0.331. The monoisotopic (exact) mass is 202 g/mol. The van der Waals surface area contributed by atoms with Crippen molar-refractivity contribution in [3.8, 4) is 0 Å². The molecule has 1 aliphatic heterocycles. The predicted molar refractivity (Wildman–Crippen MR) is 57.5 cm³/mol. The Bertz CT molecular complexity index is 168. The first-order chi connectivity index (χ1) is 5.83. The fourth-order valence-electron chi connectivity index (χ4n) is 0.923. The van der Waals surface area contributed by atoms with E-state index < -0.39 is 8.32 Å². The van der Waals surface area contributed by atoms with E-state index in [1.165, 1.54) is 0 Å². The number of rotatable bonds is 3. The first-order valence-electron chi connectivity index (χ1n) is 5.04. The SMILES string of the molecule is CC(C)(C)[Si](C)(C)OCC1COC1. The van der Waals surface area contributed by atoms with Crippen molar-refractivity contribution in [1.29, 1.82) is 0 Å². The molecule has 1 rings (SSSR count). The number of hydrogen-bond donors (Lipinski definition) is 0. The van der Waals surface area contributed by atoms with E-state index in [2.05, 4.69) is 33.9 Å². The average molecular weight is 202 g/mol. The first kappa shape index (κ1) is 11.2. The Labute approximate surface area is 82.7 Å². The summed E-state index contributed by atoms with van der Waals surface area (Å²) in [5.74, 6) is 0.661. The third-order valence-electron chi connectivity index (χ3n) is 3.19. The number of hydrogen-bond acceptors (Lipinski definition) is 2. The summed E-state index contributed by atoms with van der Waals surface area (Å²) in [5.41, 5.74) is 0. The van der Waals surface area contributed by atoms with E-state index in [-0.39, 0.29) is 0 Å². The fraction of sp³-hybridized carbons (Fsp3) is 1.00. The molecule has 0 amide bonds. The molecule has 78 valence electrons. The van der Waals surface area contributed by atoms with Crippen LogP contribution in [0.1, 0.15) is 20.8 Å². The minimum absolute atomic E-state index is 0.331. The van der Waals surface area contributed by atoms with Crippen LogP contribution < -0.4 is 0 Å². The Kier molecular flexibility index (Phi) is 3.20. The lowest BCUT2D eigenvalue weighted by atomic mass is 10.1. The smallest absolute Gasteiger partial charge is 0.191 e. The molecule has 2 nitrogen and oxygen atoms in total. The lowest BCUT2D eigenvalue weighted by Gasteiger charge is -2.38. The standard InChI is InChI=1S/C10H22O2Si/c1-10(2,3)13(4,5)12-8-9-6-11-7-9/h9H,6-8H2,1-5H3. The molecule has 0 aromatic heterocycles. The van der Waals surface area contributed by atoms with Gasteiger partial charge in [0.1, 0.15) is 0 Å². The topological polar surface area (TPSA) is 18.5 Å². The van der Waals surface area contributed by atoms with Crippen molar-refractivity contribution in [2.24, 2.45) is 5.92 Å². The van der Waals surface area contributed by atoms with Gasteiger partial charge in [0.25, 0.3) is 0 Å². The lowest BCUT2D eigenvalue weighted by molar-refractivity contribution is -0.0529. The third kappa shape index (κ3) is 2.79. The summed E-state index contributed by atoms with van der Waals surface area (Å²) in [6.45, 7) is 14.1. The van der Waals surface area contributed by atoms with Crippen LogP contribution in [0.2, 0.25) is 18.1 Å². The van der Waals surface area contributed by atoms with Crippen molar-refractivity contribution in [1.82, 2.24) is 0 Å². The van der Waals surface area contributed by atoms with E-state index in [9.17, 15) is 0 Å². The molecule has 0 aliphatic carbocycles. The molecule has 1 heterocycles. The van der Waals surface area contributed by atoms with E-state index in [0.717, 1.165) is 19.8 Å². The minimum atomic E-state index is -1.51. The van der Waals surface area contributed by atoms with Gasteiger partial charge < -0.3 is 9.16 Å². The predicted octanol–water partition coefficient (Wildman–Crippen LogP) is 2.65. The zero-order valence-corrected chi connectivity index (χ0v) is 10.5. The Morgan fingerprint density at radius 3 is 2.15 bits per heavy atom. The molecule has 0 atom stereocenters. The van der Waals surface area contributed by atoms with Gasteiger partial charge in [-0.2, -0.15) is 0 Å². The Hall–Kier alpha value is 0.137. The highest BCUT2D eigenvalue weighted by Crippen LogP contribution is 2.36. The minimum Gasteiger partial charge on any atom is -0.416 e. The molecular weight excluding hydrogens is 180 g/mol. The van der Waals surface area contributed by atoms with Crippen LogP contribution in [0.3, 0.4) is 0 Å². The van der Waals surface area contributed by atoms with Crippen LogP contribution in [0.15, 0.2) is 0 Å². The van der Waals surface area contributed by atoms with Crippen LogP contribution in [0.25, 0.3) is 0 Å². The van der Waals surface area contributed by atoms with Gasteiger partial charge in [-0.3, -0.25) is 0 Å². The van der Waals surface area contributed by atoms with Gasteiger partial charge in [-0.15, -0.1) is 0 Å². The van der Waals surface area contributed by atoms with Gasteiger partial charge in [0.15, 0.2) is 8.32 Å². The fourth-order valence-corrected chi connectivity index (χ4v) is 2.01. The second kappa shape index (κ2) is 3.71. The van der Waals surface area contributed by atoms with Gasteiger partial charge in [0, 0.05) is 12.5 Å². The number of ether oxygens (including phenoxy) is 1. The van der Waals surface area contributed by atoms with E-state index in [1.54, 1.807) is 0 Å². The molecule has 0 radical (unpaired) electrons. The molecule has 1 aliphatic rings. The molecule has 0 saturated carbocycles. The highest BCUT2D eigenvalue weighted by Gasteiger charge is 2.38. The van der Waals surface area contributed by atoms with Crippen molar-refractivity contribution in [2.45, 2.75) is 38.9 Å². The normalized spacial score (nSPS) is 20.1. The van der Waals surface area contributed by atoms with Gasteiger partial charge in [0.2, 0.25) is 0 Å². The molecule has 0 unspecified atom stereocenters. The Balaban J connectivity index is 2.32. The van der Waals surface area contributed by atoms with Crippen LogP contribution in [0.4, 0.5) is 0 Å². The zero-order valence-electron chi connectivity index (χ0n) is 9.52. The lowest BCUT2D eigenvalue weighted by Crippen LogP contribution is -2.44. The van der Waals surface area contributed by atoms with E-state index in [4.69, 9.17) is 9.16 Å². The zero-order chi connectivity index (χ0) is 10.1. The Morgan fingerprint density at radius 2 is 1.85 bits per heavy atom. The summed E-state index contributed by atoms with van der Waals surface area (Å²) in [7, 11) is -1.51. The largest absolute Gasteiger partial charge is 0.416 e. The van der Waals surface area contributed by atoms with Gasteiger partial charge in [0.05, 0.1) is 13.2 Å². The summed E-state index contributed by atoms with van der Waals surface area (Å²) in [6.07, 6.45) is 0. The van der Waals surface area contributed by atoms with Crippen molar-refractivity contribution in [2.75, 3.05) is 19.8 Å². The van der Waals surface area contributed by atoms with Crippen LogP contribution in [-0.4, -0.2) is 28.1 Å². The summed E-state index contributed by atoms with van der Waals surface area (Å²) in [4.78, 5) is 0. The third-order valence-corrected chi connectivity index (χ3v) is 7.69. The second-order valence-electron chi connectivity index (χ2n) is 5.47. The summed E-state index contributed by atoms with van der Waals surface area (Å²) in [6, 6.07) is 0. The van der Waals surface area contributed by atoms with Crippen LogP contribution >= 0.6 is 0 Å². The van der Waals surface area contributed by atoms with Crippen LogP contribution in [0, 0.1) is 5.92 Å². The second-order valence-corrected chi connectivity index (χ2v) is 10.3. The molecular formula is C10H22O2Si. The van der Waals surface area contributed by atoms with E-state index in [0.29, 0.717) is 11.0 Å². The molecule has 3 heteroatoms. The highest BCUT2D eigenvalue weighted by molar-refractivity contribution is 6.74. The van der Waals surface area contributed by atoms with Crippen LogP contribution in [-0.2, 0) is 9.16 Å². The summed E-state index contributed by atoms with van der Waals surface area (Å²) < 4.78 is 11.2. The average Bonchev–Trinajstić information content (AvgIpc) is 1.80. The van der Waals surface area contributed by atoms with Gasteiger partial charge in [-0.1, -0.05) is 20.8 Å². The summed E-state index contributed by atoms with van der Waals surface area (Å²) >= 11 is 0. The van der Waals surface area contributed by atoms with Gasteiger partial charge >= 0.3 is 0 Å². The molecule has 1 saturated heterocycles. The van der Waals surface area contributed by atoms with Crippen molar-refractivity contribution in [3.63, 3.8) is 0 Å². The maximum Gasteiger partial charge on any atom is 0.191 e. The van der Waals surface area contributed by atoms with Gasteiger partial charge in [-0.05, 0) is 18.1 Å². The maximum absolute atomic E-state index is 6.06. The molecule has 0 aromatic carbocycles. The molecule has 13 heavy (non-hydrogen) atoms. The molecule has 0 bridgehead atoms. The first-order valence-corrected chi connectivity index (χ1v) is 7.95. The van der Waals surface area contributed by atoms with Crippen LogP contribution in [0.5, 0.6) is 0 Å². The molecule has 0 N–H and O–H groups in total. The van der Waals surface area contributed by atoms with Gasteiger partial charge in [-0.25, -0.2) is 0 Å². The quantitative estimate of drug-likeness (QED) is 0.655. The molecule has 1 fully saturated rings. The van der Waals surface area contributed by atoms with Crippen molar-refractivity contribution < 1.29 is 9.16 Å². The maximum atomic E-state index is 6.06. The Morgan fingerprint density at radius 1 is 1.31 bits per heavy atom. The van der Waals surface area contributed by atoms with E-state index >= 15 is 0 Å². The van der Waals surface area contributed by atoms with E-state index in [1.807, 2.05) is 0 Å². The van der Waals surface area contributed by atoms with Crippen molar-refractivity contribution >= 4 is 8.32 Å². The van der Waals surface area contributed by atoms with Crippen molar-refractivity contribution in [3.05, 3.63) is 0 Å². The molecule has 0 aromatic rings. The highest BCUT2D eigenvalue weighted by atomic mass is 28.4. The molecule has 0 spiro atoms.